The molecule has 0 aliphatic carbocycles. The summed E-state index contributed by atoms with van der Waals surface area (Å²) in [6.07, 6.45) is 0. The predicted molar refractivity (Wildman–Crippen MR) is 135 cm³/mol. The predicted octanol–water partition coefficient (Wildman–Crippen LogP) is 4.18. The zero-order valence-corrected chi connectivity index (χ0v) is 21.0. The Balaban J connectivity index is 1.95. The molecule has 3 aromatic rings. The van der Waals surface area contributed by atoms with Gasteiger partial charge in [-0.1, -0.05) is 30.3 Å². The second-order valence-electron chi connectivity index (χ2n) is 7.62. The van der Waals surface area contributed by atoms with Crippen LogP contribution in [0.1, 0.15) is 25.5 Å². The Morgan fingerprint density at radius 1 is 0.943 bits per heavy atom. The molecule has 35 heavy (non-hydrogen) atoms. The van der Waals surface area contributed by atoms with Gasteiger partial charge in [0.2, 0.25) is 5.91 Å². The molecule has 8 nitrogen and oxygen atoms in total. The molecule has 1 amide bonds. The first-order chi connectivity index (χ1) is 16.8. The molecule has 0 aliphatic heterocycles. The van der Waals surface area contributed by atoms with Crippen molar-refractivity contribution in [3.8, 4) is 17.2 Å². The lowest BCUT2D eigenvalue weighted by Gasteiger charge is -2.27. The number of nitrogens with one attached hydrogen (secondary N) is 1. The van der Waals surface area contributed by atoms with E-state index in [1.165, 1.54) is 12.1 Å². The molecule has 3 aromatic carbocycles. The van der Waals surface area contributed by atoms with Crippen LogP contribution in [0, 0.1) is 0 Å². The highest BCUT2D eigenvalue weighted by atomic mass is 32.2. The molecular weight excluding hydrogens is 468 g/mol. The molecule has 0 aromatic heterocycles. The van der Waals surface area contributed by atoms with Gasteiger partial charge in [-0.3, -0.25) is 9.10 Å². The van der Waals surface area contributed by atoms with Gasteiger partial charge in [-0.2, -0.15) is 0 Å². The molecule has 0 spiro atoms. The summed E-state index contributed by atoms with van der Waals surface area (Å²) < 4.78 is 44.7. The number of benzene rings is 3. The van der Waals surface area contributed by atoms with Gasteiger partial charge < -0.3 is 19.5 Å². The van der Waals surface area contributed by atoms with Gasteiger partial charge >= 0.3 is 0 Å². The Labute approximate surface area is 206 Å². The van der Waals surface area contributed by atoms with Crippen molar-refractivity contribution in [2.24, 2.45) is 0 Å². The molecule has 0 saturated heterocycles. The molecular formula is C26H30N2O6S. The topological polar surface area (TPSA) is 94.2 Å². The van der Waals surface area contributed by atoms with Gasteiger partial charge in [0, 0.05) is 5.56 Å². The summed E-state index contributed by atoms with van der Waals surface area (Å²) in [6, 6.07) is 19.5. The lowest BCUT2D eigenvalue weighted by Crippen LogP contribution is -2.41. The monoisotopic (exact) mass is 498 g/mol. The van der Waals surface area contributed by atoms with Gasteiger partial charge in [0.25, 0.3) is 10.0 Å². The number of anilines is 1. The van der Waals surface area contributed by atoms with Crippen LogP contribution in [-0.4, -0.2) is 41.7 Å². The molecule has 186 valence electrons. The summed E-state index contributed by atoms with van der Waals surface area (Å²) in [5, 5.41) is 2.88. The van der Waals surface area contributed by atoms with Crippen LogP contribution in [0.15, 0.2) is 77.7 Å². The Morgan fingerprint density at radius 3 is 2.29 bits per heavy atom. The van der Waals surface area contributed by atoms with Gasteiger partial charge in [-0.15, -0.1) is 0 Å². The van der Waals surface area contributed by atoms with Crippen molar-refractivity contribution >= 4 is 21.6 Å². The van der Waals surface area contributed by atoms with E-state index >= 15 is 0 Å². The van der Waals surface area contributed by atoms with Crippen LogP contribution in [-0.2, 0) is 14.8 Å². The largest absolute Gasteiger partial charge is 0.497 e. The van der Waals surface area contributed by atoms with Gasteiger partial charge in [-0.05, 0) is 56.3 Å². The van der Waals surface area contributed by atoms with Crippen molar-refractivity contribution in [2.45, 2.75) is 24.8 Å². The maximum Gasteiger partial charge on any atom is 0.264 e. The standard InChI is InChI=1S/C26H30N2O6S/c1-5-34-25-14-10-9-13-23(25)28(35(30,31)21-11-7-6-8-12-21)18-26(29)27-19(2)22-17-20(32-3)15-16-24(22)33-4/h6-17,19H,5,18H2,1-4H3,(H,27,29). The van der Waals surface area contributed by atoms with E-state index in [9.17, 15) is 13.2 Å². The highest BCUT2D eigenvalue weighted by Gasteiger charge is 2.30. The van der Waals surface area contributed by atoms with Gasteiger partial charge in [0.05, 0.1) is 37.5 Å². The molecule has 0 aliphatic rings. The van der Waals surface area contributed by atoms with Crippen molar-refractivity contribution in [1.29, 1.82) is 0 Å². The van der Waals surface area contributed by atoms with Crippen LogP contribution in [0.3, 0.4) is 0 Å². The van der Waals surface area contributed by atoms with Crippen LogP contribution in [0.5, 0.6) is 17.2 Å². The van der Waals surface area contributed by atoms with E-state index in [0.717, 1.165) is 4.31 Å². The second-order valence-corrected chi connectivity index (χ2v) is 9.48. The van der Waals surface area contributed by atoms with Crippen molar-refractivity contribution in [3.63, 3.8) is 0 Å². The zero-order chi connectivity index (χ0) is 25.4. The van der Waals surface area contributed by atoms with E-state index < -0.39 is 28.5 Å². The Bertz CT molecular complexity index is 1250. The third kappa shape index (κ3) is 6.05. The smallest absolute Gasteiger partial charge is 0.264 e. The molecule has 1 N–H and O–H groups in total. The molecule has 0 saturated carbocycles. The van der Waals surface area contributed by atoms with E-state index in [-0.39, 0.29) is 10.6 Å². The molecule has 1 atom stereocenters. The molecule has 9 heteroatoms. The minimum atomic E-state index is -4.07. The lowest BCUT2D eigenvalue weighted by molar-refractivity contribution is -0.120. The number of carbonyl (C=O) groups is 1. The van der Waals surface area contributed by atoms with Crippen molar-refractivity contribution in [2.75, 3.05) is 31.7 Å². The normalized spacial score (nSPS) is 11.9. The maximum atomic E-state index is 13.6. The van der Waals surface area contributed by atoms with Crippen molar-refractivity contribution in [1.82, 2.24) is 5.32 Å². The van der Waals surface area contributed by atoms with Crippen LogP contribution in [0.4, 0.5) is 5.69 Å². The fourth-order valence-electron chi connectivity index (χ4n) is 3.63. The van der Waals surface area contributed by atoms with E-state index in [0.29, 0.717) is 29.4 Å². The Hall–Kier alpha value is -3.72. The summed E-state index contributed by atoms with van der Waals surface area (Å²) in [5.41, 5.74) is 0.979. The average Bonchev–Trinajstić information content (AvgIpc) is 2.88. The first kappa shape index (κ1) is 25.9. The number of nitrogens with zero attached hydrogens (tertiary/aromatic N) is 1. The summed E-state index contributed by atoms with van der Waals surface area (Å²) in [4.78, 5) is 13.3. The van der Waals surface area contributed by atoms with E-state index in [1.54, 1.807) is 81.8 Å². The quantitative estimate of drug-likeness (QED) is 0.426. The first-order valence-electron chi connectivity index (χ1n) is 11.1. The fourth-order valence-corrected chi connectivity index (χ4v) is 5.09. The number of hydrogen-bond donors (Lipinski definition) is 1. The number of para-hydroxylation sites is 2. The highest BCUT2D eigenvalue weighted by Crippen LogP contribution is 2.33. The van der Waals surface area contributed by atoms with Gasteiger partial charge in [-0.25, -0.2) is 8.42 Å². The summed E-state index contributed by atoms with van der Waals surface area (Å²) >= 11 is 0. The molecule has 1 unspecified atom stereocenters. The van der Waals surface area contributed by atoms with Crippen LogP contribution >= 0.6 is 0 Å². The van der Waals surface area contributed by atoms with Crippen molar-refractivity contribution < 1.29 is 27.4 Å². The first-order valence-corrected chi connectivity index (χ1v) is 12.6. The minimum Gasteiger partial charge on any atom is -0.497 e. The summed E-state index contributed by atoms with van der Waals surface area (Å²) in [6.45, 7) is 3.50. The summed E-state index contributed by atoms with van der Waals surface area (Å²) in [5.74, 6) is 1.06. The van der Waals surface area contributed by atoms with Gasteiger partial charge in [0.1, 0.15) is 23.8 Å². The molecule has 0 radical (unpaired) electrons. The number of carbonyl (C=O) groups excluding carboxylic acids is 1. The lowest BCUT2D eigenvalue weighted by atomic mass is 10.1. The van der Waals surface area contributed by atoms with Gasteiger partial charge in [0.15, 0.2) is 0 Å². The van der Waals surface area contributed by atoms with Crippen LogP contribution in [0.25, 0.3) is 0 Å². The fraction of sp³-hybridized carbons (Fsp3) is 0.269. The van der Waals surface area contributed by atoms with E-state index in [1.807, 2.05) is 6.92 Å². The Kier molecular flexibility index (Phi) is 8.59. The average molecular weight is 499 g/mol. The molecule has 0 heterocycles. The SMILES string of the molecule is CCOc1ccccc1N(CC(=O)NC(C)c1cc(OC)ccc1OC)S(=O)(=O)c1ccccc1. The summed E-state index contributed by atoms with van der Waals surface area (Å²) in [7, 11) is -0.973. The maximum absolute atomic E-state index is 13.6. The molecule has 0 fully saturated rings. The minimum absolute atomic E-state index is 0.0709. The van der Waals surface area contributed by atoms with Crippen LogP contribution in [0.2, 0.25) is 0 Å². The molecule has 0 bridgehead atoms. The van der Waals surface area contributed by atoms with E-state index in [2.05, 4.69) is 5.32 Å². The van der Waals surface area contributed by atoms with Crippen LogP contribution < -0.4 is 23.8 Å². The number of hydrogen-bond acceptors (Lipinski definition) is 6. The van der Waals surface area contributed by atoms with Crippen molar-refractivity contribution in [3.05, 3.63) is 78.4 Å². The number of rotatable bonds is 11. The number of amides is 1. The Morgan fingerprint density at radius 2 is 1.63 bits per heavy atom. The third-order valence-electron chi connectivity index (χ3n) is 5.33. The third-order valence-corrected chi connectivity index (χ3v) is 7.11. The number of sulfonamides is 1. The number of ether oxygens (including phenoxy) is 3. The molecule has 3 rings (SSSR count). The second kappa shape index (κ2) is 11.6. The highest BCUT2D eigenvalue weighted by molar-refractivity contribution is 7.92. The number of methoxy groups -OCH3 is 2. The zero-order valence-electron chi connectivity index (χ0n) is 20.2. The van der Waals surface area contributed by atoms with E-state index in [4.69, 9.17) is 14.2 Å².